The van der Waals surface area contributed by atoms with Gasteiger partial charge in [-0.25, -0.2) is 4.79 Å². The van der Waals surface area contributed by atoms with Gasteiger partial charge in [0, 0.05) is 25.2 Å². The fraction of sp³-hybridized carbons (Fsp3) is 0.441. The van der Waals surface area contributed by atoms with Crippen LogP contribution in [0.3, 0.4) is 0 Å². The lowest BCUT2D eigenvalue weighted by Crippen LogP contribution is -2.38. The topological polar surface area (TPSA) is 73.8 Å². The molecule has 42 heavy (non-hydrogen) atoms. The van der Waals surface area contributed by atoms with Crippen molar-refractivity contribution in [2.75, 3.05) is 31.5 Å². The number of amides is 1. The van der Waals surface area contributed by atoms with Crippen LogP contribution in [0.5, 0.6) is 5.75 Å². The van der Waals surface area contributed by atoms with Crippen molar-refractivity contribution in [3.05, 3.63) is 82.3 Å². The lowest BCUT2D eigenvalue weighted by molar-refractivity contribution is 0.0585. The van der Waals surface area contributed by atoms with Crippen LogP contribution < -0.4 is 10.6 Å². The highest BCUT2D eigenvalue weighted by molar-refractivity contribution is 6.37. The number of unbranched alkanes of at least 4 members (excludes halogenated alkanes) is 6. The summed E-state index contributed by atoms with van der Waals surface area (Å²) in [5, 5.41) is 16.6. The molecule has 0 aliphatic carbocycles. The summed E-state index contributed by atoms with van der Waals surface area (Å²) in [5.74, 6) is -0.0556. The molecule has 0 unspecified atom stereocenters. The highest BCUT2D eigenvalue weighted by Crippen LogP contribution is 2.32. The second-order valence-electron chi connectivity index (χ2n) is 11.0. The molecule has 0 radical (unpaired) electrons. The van der Waals surface area contributed by atoms with Crippen molar-refractivity contribution in [2.45, 2.75) is 70.4 Å². The van der Waals surface area contributed by atoms with Crippen molar-refractivity contribution in [1.29, 1.82) is 0 Å². The number of anilines is 1. The Hall–Kier alpha value is -2.77. The number of rotatable bonds is 15. The number of phenols is 1. The van der Waals surface area contributed by atoms with Gasteiger partial charge >= 0.3 is 6.09 Å². The number of benzene rings is 3. The summed E-state index contributed by atoms with van der Waals surface area (Å²) in [7, 11) is 0. The number of halogens is 2. The number of piperidine rings is 1. The second kappa shape index (κ2) is 17.4. The van der Waals surface area contributed by atoms with Gasteiger partial charge in [-0.2, -0.15) is 0 Å². The van der Waals surface area contributed by atoms with Gasteiger partial charge in [-0.3, -0.25) is 5.32 Å². The number of likely N-dealkylation sites (tertiary alicyclic amines) is 1. The van der Waals surface area contributed by atoms with Crippen molar-refractivity contribution < 1.29 is 14.6 Å². The van der Waals surface area contributed by atoms with Crippen LogP contribution in [0, 0.1) is 0 Å². The Kier molecular flexibility index (Phi) is 13.3. The number of carbonyl (C=O) groups is 1. The van der Waals surface area contributed by atoms with E-state index >= 15 is 0 Å². The molecule has 1 fully saturated rings. The van der Waals surface area contributed by atoms with Crippen molar-refractivity contribution in [3.63, 3.8) is 0 Å². The number of nitrogens with zero attached hydrogens (tertiary/aromatic N) is 1. The molecule has 226 valence electrons. The molecular weight excluding hydrogens is 569 g/mol. The minimum atomic E-state index is -0.375. The Bertz CT molecular complexity index is 1230. The van der Waals surface area contributed by atoms with Gasteiger partial charge in [-0.05, 0) is 68.1 Å². The third-order valence-corrected chi connectivity index (χ3v) is 8.37. The second-order valence-corrected chi connectivity index (χ2v) is 11.9. The summed E-state index contributed by atoms with van der Waals surface area (Å²) in [4.78, 5) is 15.1. The van der Waals surface area contributed by atoms with Gasteiger partial charge in [0.05, 0.1) is 15.7 Å². The third-order valence-electron chi connectivity index (χ3n) is 7.79. The molecule has 8 heteroatoms. The van der Waals surface area contributed by atoms with E-state index in [0.717, 1.165) is 67.8 Å². The summed E-state index contributed by atoms with van der Waals surface area (Å²) >= 11 is 12.0. The molecule has 0 aromatic heterocycles. The number of aromatic hydroxyl groups is 1. The van der Waals surface area contributed by atoms with E-state index in [4.69, 9.17) is 27.9 Å². The van der Waals surface area contributed by atoms with E-state index in [1.807, 2.05) is 54.6 Å². The molecule has 0 saturated carbocycles. The van der Waals surface area contributed by atoms with Gasteiger partial charge in [0.25, 0.3) is 0 Å². The van der Waals surface area contributed by atoms with Crippen molar-refractivity contribution >= 4 is 35.0 Å². The maximum atomic E-state index is 12.6. The lowest BCUT2D eigenvalue weighted by Gasteiger charge is -2.31. The highest BCUT2D eigenvalue weighted by atomic mass is 35.5. The number of hydrogen-bond acceptors (Lipinski definition) is 5. The number of carbonyl (C=O) groups excluding carboxylic acids is 1. The van der Waals surface area contributed by atoms with Crippen LogP contribution in [0.25, 0.3) is 11.1 Å². The van der Waals surface area contributed by atoms with Gasteiger partial charge in [0.1, 0.15) is 6.10 Å². The van der Waals surface area contributed by atoms with Crippen molar-refractivity contribution in [1.82, 2.24) is 10.2 Å². The molecule has 1 amide bonds. The van der Waals surface area contributed by atoms with Gasteiger partial charge in [0.2, 0.25) is 0 Å². The molecule has 1 aliphatic heterocycles. The summed E-state index contributed by atoms with van der Waals surface area (Å²) in [5.41, 5.74) is 3.80. The highest BCUT2D eigenvalue weighted by Gasteiger charge is 2.22. The number of phenolic OH excluding ortho intramolecular Hbond substituents is 1. The molecule has 6 nitrogen and oxygen atoms in total. The van der Waals surface area contributed by atoms with E-state index in [1.54, 1.807) is 12.1 Å². The first-order valence-electron chi connectivity index (χ1n) is 15.2. The number of nitrogens with one attached hydrogen (secondary N) is 2. The third kappa shape index (κ3) is 10.5. The lowest BCUT2D eigenvalue weighted by atomic mass is 10.0. The van der Waals surface area contributed by atoms with Gasteiger partial charge in [-0.15, -0.1) is 0 Å². The first kappa shape index (κ1) is 32.2. The largest absolute Gasteiger partial charge is 0.505 e. The maximum absolute atomic E-state index is 12.6. The molecule has 0 atom stereocenters. The molecule has 3 aromatic carbocycles. The molecule has 0 bridgehead atoms. The summed E-state index contributed by atoms with van der Waals surface area (Å²) in [6.45, 7) is 4.73. The molecule has 0 spiro atoms. The minimum Gasteiger partial charge on any atom is -0.505 e. The smallest absolute Gasteiger partial charge is 0.411 e. The van der Waals surface area contributed by atoms with Crippen LogP contribution in [0.1, 0.15) is 63.4 Å². The molecule has 3 N–H and O–H groups in total. The zero-order valence-corrected chi connectivity index (χ0v) is 25.8. The zero-order valence-electron chi connectivity index (χ0n) is 24.3. The molecule has 4 rings (SSSR count). The first-order valence-corrected chi connectivity index (χ1v) is 16.0. The predicted octanol–water partition coefficient (Wildman–Crippen LogP) is 8.90. The normalized spacial score (nSPS) is 14.1. The van der Waals surface area contributed by atoms with Crippen molar-refractivity contribution in [2.24, 2.45) is 0 Å². The Morgan fingerprint density at radius 2 is 1.48 bits per heavy atom. The summed E-state index contributed by atoms with van der Waals surface area (Å²) in [6.07, 6.45) is 10.0. The van der Waals surface area contributed by atoms with E-state index in [-0.39, 0.29) is 17.9 Å². The molecular formula is C34H43Cl2N3O3. The van der Waals surface area contributed by atoms with Crippen molar-refractivity contribution in [3.8, 4) is 16.9 Å². The van der Waals surface area contributed by atoms with Crippen LogP contribution in [0.15, 0.2) is 66.7 Å². The fourth-order valence-corrected chi connectivity index (χ4v) is 5.96. The molecule has 1 aliphatic rings. The number of hydrogen-bond donors (Lipinski definition) is 3. The Morgan fingerprint density at radius 3 is 2.19 bits per heavy atom. The van der Waals surface area contributed by atoms with Crippen LogP contribution in [-0.4, -0.2) is 48.4 Å². The van der Waals surface area contributed by atoms with Gasteiger partial charge < -0.3 is 20.1 Å². The first-order chi connectivity index (χ1) is 20.5. The van der Waals surface area contributed by atoms with E-state index in [9.17, 15) is 9.90 Å². The molecule has 3 aromatic rings. The Labute approximate surface area is 260 Å². The Morgan fingerprint density at radius 1 is 0.857 bits per heavy atom. The van der Waals surface area contributed by atoms with E-state index in [0.29, 0.717) is 16.6 Å². The molecule has 1 heterocycles. The zero-order chi connectivity index (χ0) is 29.6. The SMILES string of the molecule is O=C(Nc1ccccc1-c1ccccc1)OC1CCN(CCCCCCCCCNCc2cc(Cl)c(O)c(Cl)c2)CC1. The maximum Gasteiger partial charge on any atom is 0.411 e. The van der Waals surface area contributed by atoms with Gasteiger partial charge in [0.15, 0.2) is 5.75 Å². The van der Waals surface area contributed by atoms with E-state index < -0.39 is 0 Å². The monoisotopic (exact) mass is 611 g/mol. The van der Waals surface area contributed by atoms with Gasteiger partial charge in [-0.1, -0.05) is 104 Å². The average Bonchev–Trinajstić information content (AvgIpc) is 3.00. The van der Waals surface area contributed by atoms with E-state index in [1.165, 1.54) is 38.5 Å². The molecule has 1 saturated heterocycles. The predicted molar refractivity (Wildman–Crippen MR) is 174 cm³/mol. The Balaban J connectivity index is 0.998. The quantitative estimate of drug-likeness (QED) is 0.150. The van der Waals surface area contributed by atoms with Crippen LogP contribution >= 0.6 is 23.2 Å². The number of ether oxygens (including phenoxy) is 1. The number of para-hydroxylation sites is 1. The summed E-state index contributed by atoms with van der Waals surface area (Å²) in [6, 6.07) is 21.4. The average molecular weight is 613 g/mol. The van der Waals surface area contributed by atoms with Crippen LogP contribution in [0.2, 0.25) is 10.0 Å². The van der Waals surface area contributed by atoms with Crippen LogP contribution in [-0.2, 0) is 11.3 Å². The van der Waals surface area contributed by atoms with Crippen LogP contribution in [0.4, 0.5) is 10.5 Å². The minimum absolute atomic E-state index is 0.0312. The summed E-state index contributed by atoms with van der Waals surface area (Å²) < 4.78 is 5.77. The standard InChI is InChI=1S/C34H43Cl2N3O3/c35-30-23-26(24-31(36)33(30)40)25-37-19-11-4-2-1-3-5-12-20-39-21-17-28(18-22-39)42-34(41)38-32-16-10-9-15-29(32)27-13-7-6-8-14-27/h6-10,13-16,23-24,28,37,40H,1-5,11-12,17-22,25H2,(H,38,41). The fourth-order valence-electron chi connectivity index (χ4n) is 5.43. The van der Waals surface area contributed by atoms with E-state index in [2.05, 4.69) is 15.5 Å².